The Bertz CT molecular complexity index is 1160. The number of fused-ring (bicyclic) bond motifs is 3. The van der Waals surface area contributed by atoms with Crippen molar-refractivity contribution in [3.05, 3.63) is 71.6 Å². The first kappa shape index (κ1) is 16.3. The molecule has 5 heteroatoms. The zero-order valence-electron chi connectivity index (χ0n) is 14.8. The molecule has 0 aliphatic carbocycles. The van der Waals surface area contributed by atoms with E-state index in [4.69, 9.17) is 9.97 Å². The van der Waals surface area contributed by atoms with Gasteiger partial charge in [-0.1, -0.05) is 67.0 Å². The van der Waals surface area contributed by atoms with Crippen LogP contribution < -0.4 is 5.49 Å². The zero-order chi connectivity index (χ0) is 18.1. The van der Waals surface area contributed by atoms with Crippen molar-refractivity contribution in [3.8, 4) is 11.3 Å². The average Bonchev–Trinajstić information content (AvgIpc) is 2.91. The molecule has 0 spiro atoms. The molecule has 2 heterocycles. The van der Waals surface area contributed by atoms with Gasteiger partial charge >= 0.3 is 0 Å². The van der Waals surface area contributed by atoms with Gasteiger partial charge in [0, 0.05) is 10.9 Å². The van der Waals surface area contributed by atoms with E-state index in [9.17, 15) is 5.21 Å². The van der Waals surface area contributed by atoms with E-state index >= 15 is 0 Å². The molecule has 0 saturated carbocycles. The largest absolute Gasteiger partial charge is 0.409 e. The van der Waals surface area contributed by atoms with Gasteiger partial charge in [0.15, 0.2) is 0 Å². The number of aryl methyl sites for hydroxylation is 2. The van der Waals surface area contributed by atoms with Crippen molar-refractivity contribution in [3.63, 3.8) is 0 Å². The molecule has 0 amide bonds. The Balaban J connectivity index is 2.29. The third-order valence-corrected chi connectivity index (χ3v) is 4.58. The molecule has 0 atom stereocenters. The van der Waals surface area contributed by atoms with E-state index in [-0.39, 0.29) is 0 Å². The van der Waals surface area contributed by atoms with Crippen molar-refractivity contribution in [2.45, 2.75) is 26.7 Å². The Morgan fingerprint density at radius 3 is 2.46 bits per heavy atom. The lowest BCUT2D eigenvalue weighted by Gasteiger charge is -2.03. The highest BCUT2D eigenvalue weighted by molar-refractivity contribution is 5.93. The van der Waals surface area contributed by atoms with Crippen molar-refractivity contribution < 1.29 is 5.21 Å². The summed E-state index contributed by atoms with van der Waals surface area (Å²) in [6.07, 6.45) is 1.76. The second-order valence-corrected chi connectivity index (χ2v) is 6.31. The second kappa shape index (κ2) is 6.59. The average molecular weight is 344 g/mol. The second-order valence-electron chi connectivity index (χ2n) is 6.31. The number of hydrogen-bond donors (Lipinski definition) is 1. The Labute approximate surface area is 151 Å². The van der Waals surface area contributed by atoms with Crippen LogP contribution in [-0.2, 0) is 6.42 Å². The van der Waals surface area contributed by atoms with Gasteiger partial charge in [0.2, 0.25) is 5.49 Å². The van der Waals surface area contributed by atoms with Crippen LogP contribution in [0.2, 0.25) is 0 Å². The summed E-state index contributed by atoms with van der Waals surface area (Å²) in [5, 5.41) is 14.3. The third-order valence-electron chi connectivity index (χ3n) is 4.58. The van der Waals surface area contributed by atoms with Crippen LogP contribution >= 0.6 is 0 Å². The molecule has 1 N–H and O–H groups in total. The van der Waals surface area contributed by atoms with Gasteiger partial charge in [-0.05, 0) is 19.4 Å². The first-order valence-corrected chi connectivity index (χ1v) is 8.79. The van der Waals surface area contributed by atoms with Crippen LogP contribution in [0, 0.1) is 6.92 Å². The lowest BCUT2D eigenvalue weighted by Crippen LogP contribution is -2.10. The van der Waals surface area contributed by atoms with Gasteiger partial charge in [0.05, 0.1) is 16.9 Å². The molecule has 0 radical (unpaired) electrons. The highest BCUT2D eigenvalue weighted by Gasteiger charge is 2.15. The highest BCUT2D eigenvalue weighted by atomic mass is 16.4. The topological polar surface area (TPSA) is 62.8 Å². The summed E-state index contributed by atoms with van der Waals surface area (Å²) in [6.45, 7) is 4.09. The minimum absolute atomic E-state index is 0.295. The first-order valence-electron chi connectivity index (χ1n) is 8.79. The molecule has 130 valence electrons. The maximum Gasteiger partial charge on any atom is 0.217 e. The number of hydrogen-bond acceptors (Lipinski definition) is 4. The van der Waals surface area contributed by atoms with Crippen molar-refractivity contribution in [1.29, 1.82) is 0 Å². The van der Waals surface area contributed by atoms with E-state index in [0.717, 1.165) is 52.0 Å². The number of imidazole rings is 1. The van der Waals surface area contributed by atoms with Crippen LogP contribution in [0.25, 0.3) is 27.7 Å². The summed E-state index contributed by atoms with van der Waals surface area (Å²) >= 11 is 0. The molecule has 0 bridgehead atoms. The monoisotopic (exact) mass is 344 g/mol. The Hall–Kier alpha value is -3.21. The van der Waals surface area contributed by atoms with E-state index in [0.29, 0.717) is 5.49 Å². The molecule has 0 saturated heterocycles. The summed E-state index contributed by atoms with van der Waals surface area (Å²) in [5.74, 6) is 0.863. The molecule has 4 aromatic rings. The summed E-state index contributed by atoms with van der Waals surface area (Å²) in [7, 11) is 0. The standard InChI is InChI=1S/C21H20N4O/c1-3-9-17-20-21(24-26)23-19(15-10-5-4-6-11-15)16-12-7-8-13-18(16)25(20)14(2)22-17/h4-8,10-13,26H,3,9H2,1-2H3. The SMILES string of the molecule is CCCc1nc(C)n2c1c(=NO)nc(-c1ccccc1)c1ccccc12. The normalized spacial score (nSPS) is 12.2. The molecule has 0 aliphatic rings. The number of para-hydroxylation sites is 1. The van der Waals surface area contributed by atoms with Gasteiger partial charge in [0.25, 0.3) is 0 Å². The molecule has 2 aromatic heterocycles. The summed E-state index contributed by atoms with van der Waals surface area (Å²) < 4.78 is 2.05. The number of nitrogens with zero attached hydrogens (tertiary/aromatic N) is 4. The Morgan fingerprint density at radius 1 is 1.00 bits per heavy atom. The van der Waals surface area contributed by atoms with Gasteiger partial charge < -0.3 is 5.21 Å². The number of rotatable bonds is 3. The van der Waals surface area contributed by atoms with Crippen molar-refractivity contribution in [2.24, 2.45) is 5.16 Å². The maximum absolute atomic E-state index is 9.75. The smallest absolute Gasteiger partial charge is 0.217 e. The third kappa shape index (κ3) is 2.52. The predicted octanol–water partition coefficient (Wildman–Crippen LogP) is 4.10. The first-order chi connectivity index (χ1) is 12.7. The molecule has 0 aliphatic heterocycles. The molecule has 0 unspecified atom stereocenters. The van der Waals surface area contributed by atoms with Crippen LogP contribution in [0.3, 0.4) is 0 Å². The number of benzene rings is 2. The van der Waals surface area contributed by atoms with Crippen LogP contribution in [0.4, 0.5) is 0 Å². The molecule has 4 rings (SSSR count). The Kier molecular flexibility index (Phi) is 4.13. The molecule has 5 nitrogen and oxygen atoms in total. The van der Waals surface area contributed by atoms with Crippen molar-refractivity contribution >= 4 is 16.4 Å². The Morgan fingerprint density at radius 2 is 1.73 bits per heavy atom. The minimum Gasteiger partial charge on any atom is -0.409 e. The predicted molar refractivity (Wildman–Crippen MR) is 102 cm³/mol. The van der Waals surface area contributed by atoms with Crippen molar-refractivity contribution in [2.75, 3.05) is 0 Å². The fourth-order valence-electron chi connectivity index (χ4n) is 3.50. The highest BCUT2D eigenvalue weighted by Crippen LogP contribution is 2.26. The summed E-state index contributed by atoms with van der Waals surface area (Å²) in [4.78, 5) is 9.48. The molecule has 0 fully saturated rings. The van der Waals surface area contributed by atoms with Crippen molar-refractivity contribution in [1.82, 2.24) is 14.4 Å². The van der Waals surface area contributed by atoms with E-state index in [1.54, 1.807) is 0 Å². The van der Waals surface area contributed by atoms with Gasteiger partial charge in [-0.25, -0.2) is 9.97 Å². The maximum atomic E-state index is 9.75. The van der Waals surface area contributed by atoms with Gasteiger partial charge in [-0.2, -0.15) is 0 Å². The number of aromatic nitrogens is 3. The molecular weight excluding hydrogens is 324 g/mol. The van der Waals surface area contributed by atoms with Crippen LogP contribution in [-0.4, -0.2) is 19.6 Å². The van der Waals surface area contributed by atoms with E-state index in [1.807, 2.05) is 55.5 Å². The summed E-state index contributed by atoms with van der Waals surface area (Å²) in [6, 6.07) is 18.1. The van der Waals surface area contributed by atoms with E-state index in [2.05, 4.69) is 22.5 Å². The fraction of sp³-hybridized carbons (Fsp3) is 0.190. The van der Waals surface area contributed by atoms with Gasteiger partial charge in [-0.3, -0.25) is 4.40 Å². The van der Waals surface area contributed by atoms with Crippen LogP contribution in [0.1, 0.15) is 24.9 Å². The van der Waals surface area contributed by atoms with E-state index < -0.39 is 0 Å². The fourth-order valence-corrected chi connectivity index (χ4v) is 3.50. The van der Waals surface area contributed by atoms with E-state index in [1.165, 1.54) is 0 Å². The van der Waals surface area contributed by atoms with Crippen LogP contribution in [0.5, 0.6) is 0 Å². The molecule has 26 heavy (non-hydrogen) atoms. The quantitative estimate of drug-likeness (QED) is 0.449. The lowest BCUT2D eigenvalue weighted by atomic mass is 10.1. The molecular formula is C21H20N4O. The molecule has 2 aromatic carbocycles. The van der Waals surface area contributed by atoms with Crippen LogP contribution in [0.15, 0.2) is 59.8 Å². The minimum atomic E-state index is 0.295. The van der Waals surface area contributed by atoms with Gasteiger partial charge in [-0.15, -0.1) is 0 Å². The zero-order valence-corrected chi connectivity index (χ0v) is 14.8. The summed E-state index contributed by atoms with van der Waals surface area (Å²) in [5.41, 5.74) is 4.74. The van der Waals surface area contributed by atoms with Gasteiger partial charge in [0.1, 0.15) is 11.3 Å². The lowest BCUT2D eigenvalue weighted by molar-refractivity contribution is 0.299.